The van der Waals surface area contributed by atoms with Crippen LogP contribution in [-0.4, -0.2) is 16.1 Å². The van der Waals surface area contributed by atoms with E-state index in [9.17, 15) is 13.2 Å². The number of nitrogens with one attached hydrogen (secondary N) is 2. The molecular formula is C24H22F3N3S. The van der Waals surface area contributed by atoms with Crippen LogP contribution in [0.25, 0.3) is 0 Å². The lowest BCUT2D eigenvalue weighted by Crippen LogP contribution is -2.53. The normalized spacial score (nSPS) is 15.7. The van der Waals surface area contributed by atoms with Crippen molar-refractivity contribution in [2.24, 2.45) is 0 Å². The molecule has 4 rings (SSSR count). The van der Waals surface area contributed by atoms with Gasteiger partial charge in [-0.25, -0.2) is 0 Å². The molecule has 2 N–H and O–H groups in total. The molecule has 0 amide bonds. The molecule has 1 heterocycles. The van der Waals surface area contributed by atoms with Gasteiger partial charge in [0.05, 0.1) is 11.3 Å². The number of alkyl halides is 3. The van der Waals surface area contributed by atoms with Gasteiger partial charge in [0.25, 0.3) is 0 Å². The minimum atomic E-state index is -4.45. The van der Waals surface area contributed by atoms with Crippen molar-refractivity contribution in [2.45, 2.75) is 37.0 Å². The predicted molar refractivity (Wildman–Crippen MR) is 118 cm³/mol. The molecule has 1 aliphatic rings. The van der Waals surface area contributed by atoms with E-state index in [4.69, 9.17) is 12.2 Å². The summed E-state index contributed by atoms with van der Waals surface area (Å²) in [7, 11) is 0. The third-order valence-electron chi connectivity index (χ3n) is 5.34. The zero-order valence-corrected chi connectivity index (χ0v) is 17.5. The van der Waals surface area contributed by atoms with Crippen molar-refractivity contribution in [3.8, 4) is 0 Å². The SMILES string of the molecule is FC(F)(F)c1cccc(C(Cc2ccccc2)(NC(=S)NC2CC2)c2ccccn2)c1. The topological polar surface area (TPSA) is 37.0 Å². The molecule has 2 aromatic carbocycles. The number of hydrogen-bond donors (Lipinski definition) is 2. The second-order valence-electron chi connectivity index (χ2n) is 7.73. The molecule has 0 saturated heterocycles. The second kappa shape index (κ2) is 8.67. The van der Waals surface area contributed by atoms with Crippen LogP contribution < -0.4 is 10.6 Å². The van der Waals surface area contributed by atoms with Crippen LogP contribution in [-0.2, 0) is 18.1 Å². The molecule has 1 aromatic heterocycles. The Morgan fingerprint density at radius 1 is 0.935 bits per heavy atom. The highest BCUT2D eigenvalue weighted by Gasteiger charge is 2.40. The monoisotopic (exact) mass is 441 g/mol. The molecule has 1 atom stereocenters. The minimum Gasteiger partial charge on any atom is -0.360 e. The van der Waals surface area contributed by atoms with Gasteiger partial charge in [-0.05, 0) is 60.5 Å². The number of nitrogens with zero attached hydrogens (tertiary/aromatic N) is 1. The number of rotatable bonds is 6. The van der Waals surface area contributed by atoms with E-state index in [0.29, 0.717) is 28.8 Å². The van der Waals surface area contributed by atoms with Gasteiger partial charge in [0.2, 0.25) is 0 Å². The van der Waals surface area contributed by atoms with Crippen molar-refractivity contribution in [1.82, 2.24) is 15.6 Å². The Bertz CT molecular complexity index is 1040. The average Bonchev–Trinajstić information content (AvgIpc) is 3.58. The van der Waals surface area contributed by atoms with E-state index in [1.54, 1.807) is 18.3 Å². The summed E-state index contributed by atoms with van der Waals surface area (Å²) in [5.41, 5.74) is 0.208. The molecule has 0 spiro atoms. The van der Waals surface area contributed by atoms with Crippen LogP contribution in [0, 0.1) is 0 Å². The van der Waals surface area contributed by atoms with Crippen LogP contribution >= 0.6 is 12.2 Å². The van der Waals surface area contributed by atoms with Gasteiger partial charge in [-0.1, -0.05) is 48.5 Å². The third-order valence-corrected chi connectivity index (χ3v) is 5.56. The van der Waals surface area contributed by atoms with Gasteiger partial charge in [-0.2, -0.15) is 13.2 Å². The Morgan fingerprint density at radius 2 is 1.65 bits per heavy atom. The first kappa shape index (κ1) is 21.3. The van der Waals surface area contributed by atoms with Crippen LogP contribution in [0.4, 0.5) is 13.2 Å². The fourth-order valence-electron chi connectivity index (χ4n) is 3.64. The number of benzene rings is 2. The van der Waals surface area contributed by atoms with Crippen molar-refractivity contribution in [2.75, 3.05) is 0 Å². The maximum Gasteiger partial charge on any atom is 0.416 e. The molecule has 7 heteroatoms. The van der Waals surface area contributed by atoms with E-state index in [1.807, 2.05) is 42.5 Å². The molecular weight excluding hydrogens is 419 g/mol. The van der Waals surface area contributed by atoms with Crippen molar-refractivity contribution < 1.29 is 13.2 Å². The summed E-state index contributed by atoms with van der Waals surface area (Å²) in [5.74, 6) is 0. The molecule has 0 radical (unpaired) electrons. The van der Waals surface area contributed by atoms with Gasteiger partial charge < -0.3 is 10.6 Å². The lowest BCUT2D eigenvalue weighted by Gasteiger charge is -2.37. The van der Waals surface area contributed by atoms with E-state index in [2.05, 4.69) is 15.6 Å². The Labute approximate surface area is 184 Å². The molecule has 1 fully saturated rings. The van der Waals surface area contributed by atoms with Crippen LogP contribution in [0.15, 0.2) is 79.0 Å². The van der Waals surface area contributed by atoms with Crippen molar-refractivity contribution in [3.05, 3.63) is 101 Å². The first-order valence-electron chi connectivity index (χ1n) is 10.1. The van der Waals surface area contributed by atoms with E-state index < -0.39 is 17.3 Å². The average molecular weight is 442 g/mol. The molecule has 160 valence electrons. The molecule has 1 unspecified atom stereocenters. The first-order valence-corrected chi connectivity index (χ1v) is 10.5. The Balaban J connectivity index is 1.86. The first-order chi connectivity index (χ1) is 14.9. The van der Waals surface area contributed by atoms with Gasteiger partial charge in [-0.3, -0.25) is 4.98 Å². The maximum atomic E-state index is 13.6. The van der Waals surface area contributed by atoms with Crippen LogP contribution in [0.2, 0.25) is 0 Å². The minimum absolute atomic E-state index is 0.305. The Kier molecular flexibility index (Phi) is 5.96. The molecule has 1 saturated carbocycles. The smallest absolute Gasteiger partial charge is 0.360 e. The van der Waals surface area contributed by atoms with Gasteiger partial charge in [-0.15, -0.1) is 0 Å². The lowest BCUT2D eigenvalue weighted by molar-refractivity contribution is -0.137. The fourth-order valence-corrected chi connectivity index (χ4v) is 3.98. The molecule has 3 nitrogen and oxygen atoms in total. The third kappa shape index (κ3) is 5.05. The zero-order valence-electron chi connectivity index (χ0n) is 16.7. The van der Waals surface area contributed by atoms with Crippen LogP contribution in [0.5, 0.6) is 0 Å². The van der Waals surface area contributed by atoms with Crippen LogP contribution in [0.3, 0.4) is 0 Å². The summed E-state index contributed by atoms with van der Waals surface area (Å²) in [6, 6.07) is 20.7. The quantitative estimate of drug-likeness (QED) is 0.515. The van der Waals surface area contributed by atoms with Crippen LogP contribution in [0.1, 0.15) is 35.2 Å². The zero-order chi connectivity index (χ0) is 21.9. The standard InChI is InChI=1S/C24H22F3N3S/c25-24(26,27)19-10-6-9-18(15-19)23(21-11-4-5-14-28-21,16-17-7-2-1-3-8-17)30-22(31)29-20-12-13-20/h1-11,14-15,20H,12-13,16H2,(H2,29,30,31). The van der Waals surface area contributed by atoms with E-state index in [0.717, 1.165) is 24.5 Å². The van der Waals surface area contributed by atoms with E-state index in [-0.39, 0.29) is 0 Å². The summed E-state index contributed by atoms with van der Waals surface area (Å²) in [6.07, 6.45) is -0.382. The molecule has 1 aliphatic carbocycles. The largest absolute Gasteiger partial charge is 0.416 e. The van der Waals surface area contributed by atoms with Gasteiger partial charge in [0.1, 0.15) is 5.54 Å². The fraction of sp³-hybridized carbons (Fsp3) is 0.250. The lowest BCUT2D eigenvalue weighted by atomic mass is 9.80. The Morgan fingerprint density at radius 3 is 2.29 bits per heavy atom. The summed E-state index contributed by atoms with van der Waals surface area (Å²) in [4.78, 5) is 4.53. The van der Waals surface area contributed by atoms with Gasteiger partial charge in [0.15, 0.2) is 5.11 Å². The summed E-state index contributed by atoms with van der Waals surface area (Å²) < 4.78 is 40.7. The van der Waals surface area contributed by atoms with E-state index >= 15 is 0 Å². The number of halogens is 3. The number of aromatic nitrogens is 1. The maximum absolute atomic E-state index is 13.6. The molecule has 0 bridgehead atoms. The van der Waals surface area contributed by atoms with Crippen molar-refractivity contribution in [3.63, 3.8) is 0 Å². The highest BCUT2D eigenvalue weighted by molar-refractivity contribution is 7.80. The second-order valence-corrected chi connectivity index (χ2v) is 8.14. The van der Waals surface area contributed by atoms with Gasteiger partial charge in [0, 0.05) is 18.7 Å². The predicted octanol–water partition coefficient (Wildman–Crippen LogP) is 5.21. The summed E-state index contributed by atoms with van der Waals surface area (Å²) in [6.45, 7) is 0. The van der Waals surface area contributed by atoms with Crippen molar-refractivity contribution in [1.29, 1.82) is 0 Å². The number of thiocarbonyl (C=S) groups is 1. The number of hydrogen-bond acceptors (Lipinski definition) is 2. The summed E-state index contributed by atoms with van der Waals surface area (Å²) >= 11 is 5.57. The Hall–Kier alpha value is -2.93. The highest BCUT2D eigenvalue weighted by Crippen LogP contribution is 2.37. The molecule has 0 aliphatic heterocycles. The van der Waals surface area contributed by atoms with Gasteiger partial charge >= 0.3 is 6.18 Å². The van der Waals surface area contributed by atoms with Crippen molar-refractivity contribution >= 4 is 17.3 Å². The number of pyridine rings is 1. The highest BCUT2D eigenvalue weighted by atomic mass is 32.1. The summed E-state index contributed by atoms with van der Waals surface area (Å²) in [5, 5.41) is 7.01. The molecule has 3 aromatic rings. The van der Waals surface area contributed by atoms with E-state index in [1.165, 1.54) is 12.1 Å². The molecule has 31 heavy (non-hydrogen) atoms.